The summed E-state index contributed by atoms with van der Waals surface area (Å²) in [5, 5.41) is 3.34. The Hall–Kier alpha value is -0.130. The molecular weight excluding hydrogens is 236 g/mol. The van der Waals surface area contributed by atoms with Crippen LogP contribution >= 0.6 is 0 Å². The monoisotopic (exact) mass is 260 g/mol. The lowest BCUT2D eigenvalue weighted by Gasteiger charge is -2.42. The van der Waals surface area contributed by atoms with E-state index in [0.717, 1.165) is 6.54 Å². The fourth-order valence-corrected chi connectivity index (χ4v) is 4.83. The van der Waals surface area contributed by atoms with Gasteiger partial charge in [-0.25, -0.2) is 8.42 Å². The number of sulfone groups is 1. The Balaban J connectivity index is 1.91. The first-order valence-electron chi connectivity index (χ1n) is 6.65. The third-order valence-corrected chi connectivity index (χ3v) is 6.09. The van der Waals surface area contributed by atoms with Crippen LogP contribution in [0.4, 0.5) is 0 Å². The highest BCUT2D eigenvalue weighted by Gasteiger charge is 2.34. The molecule has 2 rings (SSSR count). The van der Waals surface area contributed by atoms with E-state index in [-0.39, 0.29) is 6.04 Å². The molecule has 1 N–H and O–H groups in total. The summed E-state index contributed by atoms with van der Waals surface area (Å²) >= 11 is 0. The summed E-state index contributed by atoms with van der Waals surface area (Å²) in [6.07, 6.45) is 4.85. The average Bonchev–Trinajstić information content (AvgIpc) is 2.28. The summed E-state index contributed by atoms with van der Waals surface area (Å²) in [4.78, 5) is 2.42. The van der Waals surface area contributed by atoms with Gasteiger partial charge in [-0.2, -0.15) is 0 Å². The van der Waals surface area contributed by atoms with Gasteiger partial charge in [-0.3, -0.25) is 4.90 Å². The maximum atomic E-state index is 11.6. The molecule has 2 aliphatic rings. The quantitative estimate of drug-likeness (QED) is 0.791. The van der Waals surface area contributed by atoms with Crippen LogP contribution in [0.1, 0.15) is 32.6 Å². The topological polar surface area (TPSA) is 49.4 Å². The van der Waals surface area contributed by atoms with E-state index in [4.69, 9.17) is 0 Å². The Bertz CT molecular complexity index is 348. The second kappa shape index (κ2) is 5.24. The number of nitrogens with one attached hydrogen (secondary N) is 1. The molecule has 1 heterocycles. The predicted octanol–water partition coefficient (Wildman–Crippen LogP) is 0.636. The van der Waals surface area contributed by atoms with Crippen molar-refractivity contribution in [1.29, 1.82) is 0 Å². The van der Waals surface area contributed by atoms with Crippen LogP contribution in [0.3, 0.4) is 0 Å². The molecule has 0 bridgehead atoms. The first-order chi connectivity index (χ1) is 8.02. The molecule has 100 valence electrons. The van der Waals surface area contributed by atoms with Crippen LogP contribution in [0.5, 0.6) is 0 Å². The largest absolute Gasteiger partial charge is 0.317 e. The van der Waals surface area contributed by atoms with Crippen LogP contribution in [0, 0.1) is 0 Å². The zero-order valence-corrected chi connectivity index (χ0v) is 11.7. The molecule has 1 aliphatic heterocycles. The SMILES string of the molecule is CNC1CCC(N2CCS(=O)(=O)CC2C)CC1. The van der Waals surface area contributed by atoms with Gasteiger partial charge >= 0.3 is 0 Å². The Morgan fingerprint density at radius 3 is 2.35 bits per heavy atom. The van der Waals surface area contributed by atoms with Crippen molar-refractivity contribution in [2.75, 3.05) is 25.1 Å². The molecule has 0 aromatic carbocycles. The maximum absolute atomic E-state index is 11.6. The van der Waals surface area contributed by atoms with Crippen molar-refractivity contribution in [2.45, 2.75) is 50.7 Å². The summed E-state index contributed by atoms with van der Waals surface area (Å²) in [7, 11) is -0.744. The predicted molar refractivity (Wildman–Crippen MR) is 69.9 cm³/mol. The molecule has 2 fully saturated rings. The molecular formula is C12H24N2O2S. The highest BCUT2D eigenvalue weighted by Crippen LogP contribution is 2.26. The molecule has 0 radical (unpaired) electrons. The highest BCUT2D eigenvalue weighted by molar-refractivity contribution is 7.91. The van der Waals surface area contributed by atoms with Crippen LogP contribution in [0.15, 0.2) is 0 Å². The van der Waals surface area contributed by atoms with Gasteiger partial charge in [-0.1, -0.05) is 0 Å². The summed E-state index contributed by atoms with van der Waals surface area (Å²) in [5.41, 5.74) is 0. The molecule has 4 nitrogen and oxygen atoms in total. The van der Waals surface area contributed by atoms with E-state index >= 15 is 0 Å². The van der Waals surface area contributed by atoms with Crippen LogP contribution < -0.4 is 5.32 Å². The lowest BCUT2D eigenvalue weighted by molar-refractivity contribution is 0.116. The van der Waals surface area contributed by atoms with Crippen LogP contribution in [-0.2, 0) is 9.84 Å². The van der Waals surface area contributed by atoms with Gasteiger partial charge < -0.3 is 5.32 Å². The molecule has 1 aliphatic carbocycles. The summed E-state index contributed by atoms with van der Waals surface area (Å²) in [5.74, 6) is 0.697. The number of hydrogen-bond donors (Lipinski definition) is 1. The minimum atomic E-state index is -2.77. The van der Waals surface area contributed by atoms with Crippen molar-refractivity contribution >= 4 is 9.84 Å². The Kier molecular flexibility index (Phi) is 4.10. The number of rotatable bonds is 2. The van der Waals surface area contributed by atoms with E-state index in [2.05, 4.69) is 17.1 Å². The zero-order chi connectivity index (χ0) is 12.5. The van der Waals surface area contributed by atoms with Crippen molar-refractivity contribution in [1.82, 2.24) is 10.2 Å². The Morgan fingerprint density at radius 1 is 1.18 bits per heavy atom. The fraction of sp³-hybridized carbons (Fsp3) is 1.00. The van der Waals surface area contributed by atoms with Gasteiger partial charge in [0.05, 0.1) is 11.5 Å². The molecule has 17 heavy (non-hydrogen) atoms. The van der Waals surface area contributed by atoms with Crippen molar-refractivity contribution in [2.24, 2.45) is 0 Å². The average molecular weight is 260 g/mol. The van der Waals surface area contributed by atoms with Crippen LogP contribution in [0.2, 0.25) is 0 Å². The fourth-order valence-electron chi connectivity index (χ4n) is 3.25. The normalized spacial score (nSPS) is 39.1. The van der Waals surface area contributed by atoms with Gasteiger partial charge in [0, 0.05) is 24.7 Å². The minimum absolute atomic E-state index is 0.199. The third kappa shape index (κ3) is 3.20. The summed E-state index contributed by atoms with van der Waals surface area (Å²) < 4.78 is 23.1. The van der Waals surface area contributed by atoms with E-state index in [1.165, 1.54) is 25.7 Å². The standard InChI is InChI=1S/C12H24N2O2S/c1-10-9-17(15,16)8-7-14(10)12-5-3-11(13-2)4-6-12/h10-13H,3-9H2,1-2H3. The highest BCUT2D eigenvalue weighted by atomic mass is 32.2. The van der Waals surface area contributed by atoms with Crippen LogP contribution in [-0.4, -0.2) is 56.5 Å². The van der Waals surface area contributed by atoms with E-state index in [1.807, 2.05) is 7.05 Å². The molecule has 1 saturated carbocycles. The molecule has 0 amide bonds. The van der Waals surface area contributed by atoms with E-state index in [9.17, 15) is 8.42 Å². The zero-order valence-electron chi connectivity index (χ0n) is 10.9. The molecule has 0 spiro atoms. The summed E-state index contributed by atoms with van der Waals surface area (Å²) in [6, 6.07) is 1.46. The molecule has 0 aromatic rings. The molecule has 5 heteroatoms. The third-order valence-electron chi connectivity index (χ3n) is 4.30. The van der Waals surface area contributed by atoms with Crippen molar-refractivity contribution < 1.29 is 8.42 Å². The van der Waals surface area contributed by atoms with E-state index in [0.29, 0.717) is 23.6 Å². The first kappa shape index (κ1) is 13.3. The second-order valence-corrected chi connectivity index (χ2v) is 7.72. The lowest BCUT2D eigenvalue weighted by Crippen LogP contribution is -2.53. The Labute approximate surface area is 105 Å². The molecule has 1 atom stereocenters. The molecule has 0 aromatic heterocycles. The Morgan fingerprint density at radius 2 is 1.82 bits per heavy atom. The van der Waals surface area contributed by atoms with Gasteiger partial charge in [-0.15, -0.1) is 0 Å². The molecule has 1 saturated heterocycles. The van der Waals surface area contributed by atoms with Gasteiger partial charge in [0.2, 0.25) is 0 Å². The van der Waals surface area contributed by atoms with Crippen molar-refractivity contribution in [3.8, 4) is 0 Å². The van der Waals surface area contributed by atoms with Gasteiger partial charge in [0.25, 0.3) is 0 Å². The smallest absolute Gasteiger partial charge is 0.153 e. The molecule has 1 unspecified atom stereocenters. The van der Waals surface area contributed by atoms with Gasteiger partial charge in [0.1, 0.15) is 0 Å². The van der Waals surface area contributed by atoms with Crippen molar-refractivity contribution in [3.05, 3.63) is 0 Å². The number of nitrogens with zero attached hydrogens (tertiary/aromatic N) is 1. The summed E-state index contributed by atoms with van der Waals surface area (Å²) in [6.45, 7) is 2.79. The van der Waals surface area contributed by atoms with Gasteiger partial charge in [-0.05, 0) is 39.7 Å². The lowest BCUT2D eigenvalue weighted by atomic mass is 9.89. The van der Waals surface area contributed by atoms with Gasteiger partial charge in [0.15, 0.2) is 9.84 Å². The minimum Gasteiger partial charge on any atom is -0.317 e. The van der Waals surface area contributed by atoms with Crippen LogP contribution in [0.25, 0.3) is 0 Å². The second-order valence-electron chi connectivity index (χ2n) is 5.50. The van der Waals surface area contributed by atoms with Crippen molar-refractivity contribution in [3.63, 3.8) is 0 Å². The maximum Gasteiger partial charge on any atom is 0.153 e. The van der Waals surface area contributed by atoms with E-state index < -0.39 is 9.84 Å². The first-order valence-corrected chi connectivity index (χ1v) is 8.47. The van der Waals surface area contributed by atoms with E-state index in [1.54, 1.807) is 0 Å². The number of hydrogen-bond acceptors (Lipinski definition) is 4.